The van der Waals surface area contributed by atoms with Crippen LogP contribution in [0, 0.1) is 0 Å². The lowest BCUT2D eigenvalue weighted by molar-refractivity contribution is 0.413. The molecule has 0 radical (unpaired) electrons. The number of ether oxygens (including phenoxy) is 1. The first-order chi connectivity index (χ1) is 9.85. The molecule has 0 N–H and O–H groups in total. The van der Waals surface area contributed by atoms with Crippen molar-refractivity contribution < 1.29 is 4.74 Å². The summed E-state index contributed by atoms with van der Waals surface area (Å²) < 4.78 is 5.24. The van der Waals surface area contributed by atoms with Crippen molar-refractivity contribution in [1.82, 2.24) is 4.98 Å². The highest BCUT2D eigenvalue weighted by molar-refractivity contribution is 7.98. The molecule has 3 rings (SSSR count). The number of pyridine rings is 1. The molecule has 2 nitrogen and oxygen atoms in total. The monoisotopic (exact) mass is 281 g/mol. The Hall–Kier alpha value is -2.00. The lowest BCUT2D eigenvalue weighted by atomic mass is 10.2. The molecule has 0 atom stereocenters. The number of methoxy groups -OCH3 is 1. The number of hydrogen-bond donors (Lipinski definition) is 0. The standard InChI is InChI=1S/C17H15NOS/c1-19-15-6-4-7-16(11-15)20-12-14-10-9-13-5-2-3-8-17(13)18-14/h2-11H,12H2,1H3. The summed E-state index contributed by atoms with van der Waals surface area (Å²) in [6.07, 6.45) is 0. The van der Waals surface area contributed by atoms with Gasteiger partial charge < -0.3 is 4.74 Å². The first-order valence-corrected chi connectivity index (χ1v) is 7.45. The SMILES string of the molecule is COc1cccc(SCc2ccc3ccccc3n2)c1. The van der Waals surface area contributed by atoms with E-state index in [-0.39, 0.29) is 0 Å². The fraction of sp³-hybridized carbons (Fsp3) is 0.118. The molecule has 1 heterocycles. The minimum Gasteiger partial charge on any atom is -0.497 e. The number of thioether (sulfide) groups is 1. The Morgan fingerprint density at radius 1 is 1.00 bits per heavy atom. The zero-order chi connectivity index (χ0) is 13.8. The van der Waals surface area contributed by atoms with Gasteiger partial charge in [-0.25, -0.2) is 0 Å². The molecule has 0 aliphatic heterocycles. The van der Waals surface area contributed by atoms with E-state index in [9.17, 15) is 0 Å². The summed E-state index contributed by atoms with van der Waals surface area (Å²) in [4.78, 5) is 5.87. The van der Waals surface area contributed by atoms with Gasteiger partial charge in [-0.2, -0.15) is 0 Å². The molecule has 1 aromatic heterocycles. The minimum absolute atomic E-state index is 0.859. The molecular formula is C17H15NOS. The largest absolute Gasteiger partial charge is 0.497 e. The van der Waals surface area contributed by atoms with Crippen molar-refractivity contribution in [2.45, 2.75) is 10.6 Å². The maximum atomic E-state index is 5.24. The molecule has 0 bridgehead atoms. The lowest BCUT2D eigenvalue weighted by Crippen LogP contribution is -1.88. The van der Waals surface area contributed by atoms with E-state index >= 15 is 0 Å². The van der Waals surface area contributed by atoms with E-state index in [0.717, 1.165) is 22.7 Å². The zero-order valence-corrected chi connectivity index (χ0v) is 12.1. The van der Waals surface area contributed by atoms with Crippen LogP contribution in [-0.2, 0) is 5.75 Å². The highest BCUT2D eigenvalue weighted by Crippen LogP contribution is 2.26. The summed E-state index contributed by atoms with van der Waals surface area (Å²) in [5, 5.41) is 1.18. The molecule has 0 aliphatic carbocycles. The molecule has 3 heteroatoms. The Bertz CT molecular complexity index is 727. The van der Waals surface area contributed by atoms with Crippen LogP contribution in [0.4, 0.5) is 0 Å². The van der Waals surface area contributed by atoms with Crippen molar-refractivity contribution in [3.8, 4) is 5.75 Å². The highest BCUT2D eigenvalue weighted by atomic mass is 32.2. The third-order valence-corrected chi connectivity index (χ3v) is 4.11. The van der Waals surface area contributed by atoms with Crippen LogP contribution in [0.5, 0.6) is 5.75 Å². The van der Waals surface area contributed by atoms with Crippen LogP contribution in [0.3, 0.4) is 0 Å². The highest BCUT2D eigenvalue weighted by Gasteiger charge is 2.01. The average molecular weight is 281 g/mol. The summed E-state index contributed by atoms with van der Waals surface area (Å²) in [6, 6.07) is 20.5. The van der Waals surface area contributed by atoms with E-state index in [0.29, 0.717) is 0 Å². The van der Waals surface area contributed by atoms with Gasteiger partial charge in [-0.3, -0.25) is 4.98 Å². The number of hydrogen-bond acceptors (Lipinski definition) is 3. The van der Waals surface area contributed by atoms with Gasteiger partial charge in [0.15, 0.2) is 0 Å². The second-order valence-corrected chi connectivity index (χ2v) is 5.51. The second kappa shape index (κ2) is 5.97. The number of nitrogens with zero attached hydrogens (tertiary/aromatic N) is 1. The Labute approximate surface area is 122 Å². The summed E-state index contributed by atoms with van der Waals surface area (Å²) in [5.41, 5.74) is 2.15. The Morgan fingerprint density at radius 2 is 1.90 bits per heavy atom. The van der Waals surface area contributed by atoms with Gasteiger partial charge in [0.2, 0.25) is 0 Å². The summed E-state index contributed by atoms with van der Waals surface area (Å²) in [6.45, 7) is 0. The smallest absolute Gasteiger partial charge is 0.119 e. The van der Waals surface area contributed by atoms with Crippen molar-refractivity contribution in [1.29, 1.82) is 0 Å². The summed E-state index contributed by atoms with van der Waals surface area (Å²) >= 11 is 1.77. The van der Waals surface area contributed by atoms with Crippen LogP contribution >= 0.6 is 11.8 Å². The van der Waals surface area contributed by atoms with Crippen molar-refractivity contribution in [3.05, 3.63) is 66.4 Å². The molecule has 3 aromatic rings. The first-order valence-electron chi connectivity index (χ1n) is 6.47. The normalized spacial score (nSPS) is 10.7. The van der Waals surface area contributed by atoms with E-state index in [1.165, 1.54) is 10.3 Å². The number of aromatic nitrogens is 1. The van der Waals surface area contributed by atoms with E-state index in [4.69, 9.17) is 4.74 Å². The lowest BCUT2D eigenvalue weighted by Gasteiger charge is -2.05. The molecule has 0 saturated carbocycles. The number of rotatable bonds is 4. The van der Waals surface area contributed by atoms with Gasteiger partial charge in [-0.15, -0.1) is 11.8 Å². The van der Waals surface area contributed by atoms with Gasteiger partial charge in [0, 0.05) is 16.0 Å². The quantitative estimate of drug-likeness (QED) is 0.656. The van der Waals surface area contributed by atoms with Gasteiger partial charge in [-0.05, 0) is 30.3 Å². The first kappa shape index (κ1) is 13.0. The van der Waals surface area contributed by atoms with E-state index in [1.807, 2.05) is 30.3 Å². The molecule has 100 valence electrons. The number of benzene rings is 2. The van der Waals surface area contributed by atoms with Crippen LogP contribution in [0.1, 0.15) is 5.69 Å². The molecule has 0 spiro atoms. The fourth-order valence-electron chi connectivity index (χ4n) is 2.04. The average Bonchev–Trinajstić information content (AvgIpc) is 2.53. The topological polar surface area (TPSA) is 22.1 Å². The van der Waals surface area contributed by atoms with Gasteiger partial charge >= 0.3 is 0 Å². The van der Waals surface area contributed by atoms with E-state index < -0.39 is 0 Å². The van der Waals surface area contributed by atoms with Crippen LogP contribution in [0.2, 0.25) is 0 Å². The molecule has 2 aromatic carbocycles. The summed E-state index contributed by atoms with van der Waals surface area (Å²) in [7, 11) is 1.69. The fourth-order valence-corrected chi connectivity index (χ4v) is 2.89. The molecule has 0 saturated heterocycles. The van der Waals surface area contributed by atoms with Crippen molar-refractivity contribution in [2.24, 2.45) is 0 Å². The molecule has 0 fully saturated rings. The molecule has 0 unspecified atom stereocenters. The van der Waals surface area contributed by atoms with Crippen LogP contribution in [0.25, 0.3) is 10.9 Å². The molecule has 20 heavy (non-hydrogen) atoms. The zero-order valence-electron chi connectivity index (χ0n) is 11.2. The van der Waals surface area contributed by atoms with Crippen molar-refractivity contribution >= 4 is 22.7 Å². The number of fused-ring (bicyclic) bond motifs is 1. The van der Waals surface area contributed by atoms with Crippen molar-refractivity contribution in [2.75, 3.05) is 7.11 Å². The maximum absolute atomic E-state index is 5.24. The van der Waals surface area contributed by atoms with Crippen LogP contribution < -0.4 is 4.74 Å². The predicted molar refractivity (Wildman–Crippen MR) is 84.3 cm³/mol. The molecule has 0 aliphatic rings. The summed E-state index contributed by atoms with van der Waals surface area (Å²) in [5.74, 6) is 1.75. The van der Waals surface area contributed by atoms with Gasteiger partial charge in [-0.1, -0.05) is 30.3 Å². The third kappa shape index (κ3) is 2.94. The van der Waals surface area contributed by atoms with Gasteiger partial charge in [0.05, 0.1) is 18.3 Å². The Kier molecular flexibility index (Phi) is 3.88. The van der Waals surface area contributed by atoms with E-state index in [2.05, 4.69) is 35.3 Å². The Morgan fingerprint density at radius 3 is 2.80 bits per heavy atom. The van der Waals surface area contributed by atoms with Gasteiger partial charge in [0.1, 0.15) is 5.75 Å². The minimum atomic E-state index is 0.859. The maximum Gasteiger partial charge on any atom is 0.119 e. The third-order valence-electron chi connectivity index (χ3n) is 3.08. The molecule has 0 amide bonds. The predicted octanol–water partition coefficient (Wildman–Crippen LogP) is 4.54. The van der Waals surface area contributed by atoms with Crippen LogP contribution in [-0.4, -0.2) is 12.1 Å². The van der Waals surface area contributed by atoms with E-state index in [1.54, 1.807) is 18.9 Å². The van der Waals surface area contributed by atoms with Crippen molar-refractivity contribution in [3.63, 3.8) is 0 Å². The second-order valence-electron chi connectivity index (χ2n) is 4.46. The molecular weight excluding hydrogens is 266 g/mol. The number of para-hydroxylation sites is 1. The Balaban J connectivity index is 1.76. The van der Waals surface area contributed by atoms with Crippen LogP contribution in [0.15, 0.2) is 65.6 Å². The van der Waals surface area contributed by atoms with Gasteiger partial charge in [0.25, 0.3) is 0 Å².